The minimum Gasteiger partial charge on any atom is -0.481 e. The number of aliphatic carboxylic acids is 2. The van der Waals surface area contributed by atoms with E-state index in [1.54, 1.807) is 0 Å². The largest absolute Gasteiger partial charge is 0.481 e. The number of Topliss-reactive ketones (excluding diaryl/α,β-unsaturated/α-hetero) is 1. The van der Waals surface area contributed by atoms with E-state index in [9.17, 15) is 14.4 Å². The SMILES string of the molecule is C.O=C(O)CCC(=O)C(=O)O. The molecule has 0 heterocycles. The Labute approximate surface area is 63.6 Å². The van der Waals surface area contributed by atoms with E-state index in [2.05, 4.69) is 0 Å². The van der Waals surface area contributed by atoms with E-state index in [0.717, 1.165) is 0 Å². The molecule has 0 spiro atoms. The molecule has 0 aromatic rings. The Morgan fingerprint density at radius 2 is 1.45 bits per heavy atom. The zero-order valence-electron chi connectivity index (χ0n) is 5.03. The van der Waals surface area contributed by atoms with Crippen LogP contribution in [-0.2, 0) is 14.4 Å². The first-order valence-electron chi connectivity index (χ1n) is 2.52. The highest BCUT2D eigenvalue weighted by atomic mass is 16.4. The zero-order valence-corrected chi connectivity index (χ0v) is 5.03. The monoisotopic (exact) mass is 162 g/mol. The lowest BCUT2D eigenvalue weighted by Gasteiger charge is -1.88. The third-order valence-electron chi connectivity index (χ3n) is 0.804. The summed E-state index contributed by atoms with van der Waals surface area (Å²) >= 11 is 0. The maximum atomic E-state index is 10.2. The summed E-state index contributed by atoms with van der Waals surface area (Å²) in [7, 11) is 0. The second-order valence-electron chi connectivity index (χ2n) is 1.62. The Hall–Kier alpha value is -1.39. The molecule has 5 heteroatoms. The molecule has 0 aliphatic rings. The van der Waals surface area contributed by atoms with Crippen molar-refractivity contribution in [3.8, 4) is 0 Å². The fraction of sp³-hybridized carbons (Fsp3) is 0.500. The zero-order chi connectivity index (χ0) is 8.15. The van der Waals surface area contributed by atoms with Gasteiger partial charge in [-0.25, -0.2) is 4.79 Å². The van der Waals surface area contributed by atoms with E-state index >= 15 is 0 Å². The Balaban J connectivity index is 0. The third kappa shape index (κ3) is 6.50. The van der Waals surface area contributed by atoms with Gasteiger partial charge in [-0.1, -0.05) is 7.43 Å². The van der Waals surface area contributed by atoms with Crippen LogP contribution in [-0.4, -0.2) is 27.9 Å². The summed E-state index contributed by atoms with van der Waals surface area (Å²) in [5, 5.41) is 16.0. The summed E-state index contributed by atoms with van der Waals surface area (Å²) in [6.45, 7) is 0. The van der Waals surface area contributed by atoms with Crippen LogP contribution >= 0.6 is 0 Å². The quantitative estimate of drug-likeness (QED) is 0.573. The fourth-order valence-corrected chi connectivity index (χ4v) is 0.327. The average Bonchev–Trinajstić information content (AvgIpc) is 1.82. The van der Waals surface area contributed by atoms with Crippen molar-refractivity contribution in [2.45, 2.75) is 20.3 Å². The van der Waals surface area contributed by atoms with Gasteiger partial charge in [0.1, 0.15) is 0 Å². The van der Waals surface area contributed by atoms with Gasteiger partial charge in [-0.05, 0) is 0 Å². The number of carboxylic acids is 2. The lowest BCUT2D eigenvalue weighted by molar-refractivity contribution is -0.149. The van der Waals surface area contributed by atoms with Gasteiger partial charge in [0.2, 0.25) is 5.78 Å². The number of hydrogen-bond donors (Lipinski definition) is 2. The van der Waals surface area contributed by atoms with Crippen LogP contribution in [0, 0.1) is 0 Å². The number of hydrogen-bond acceptors (Lipinski definition) is 3. The van der Waals surface area contributed by atoms with E-state index < -0.39 is 30.6 Å². The Kier molecular flexibility index (Phi) is 6.04. The van der Waals surface area contributed by atoms with Crippen molar-refractivity contribution >= 4 is 17.7 Å². The van der Waals surface area contributed by atoms with Gasteiger partial charge in [0.25, 0.3) is 0 Å². The number of carboxylic acid groups (broad SMARTS) is 2. The molecule has 0 radical (unpaired) electrons. The molecule has 0 saturated carbocycles. The van der Waals surface area contributed by atoms with Gasteiger partial charge in [-0.3, -0.25) is 9.59 Å². The number of carbonyl (C=O) groups excluding carboxylic acids is 1. The van der Waals surface area contributed by atoms with Crippen molar-refractivity contribution in [2.75, 3.05) is 0 Å². The normalized spacial score (nSPS) is 8.00. The molecule has 0 atom stereocenters. The number of ketones is 1. The molecule has 0 amide bonds. The maximum Gasteiger partial charge on any atom is 0.372 e. The molecule has 5 nitrogen and oxygen atoms in total. The molecular weight excluding hydrogens is 152 g/mol. The van der Waals surface area contributed by atoms with Crippen LogP contribution in [0.25, 0.3) is 0 Å². The van der Waals surface area contributed by atoms with Crippen LogP contribution in [0.1, 0.15) is 20.3 Å². The second-order valence-corrected chi connectivity index (χ2v) is 1.62. The van der Waals surface area contributed by atoms with Gasteiger partial charge in [-0.15, -0.1) is 0 Å². The molecule has 0 rings (SSSR count). The Morgan fingerprint density at radius 1 is 1.00 bits per heavy atom. The van der Waals surface area contributed by atoms with Crippen LogP contribution in [0.15, 0.2) is 0 Å². The average molecular weight is 162 g/mol. The molecule has 0 aromatic heterocycles. The van der Waals surface area contributed by atoms with Crippen molar-refractivity contribution in [1.29, 1.82) is 0 Å². The third-order valence-corrected chi connectivity index (χ3v) is 0.804. The molecule has 0 unspecified atom stereocenters. The van der Waals surface area contributed by atoms with Crippen molar-refractivity contribution in [3.63, 3.8) is 0 Å². The summed E-state index contributed by atoms with van der Waals surface area (Å²) in [5.74, 6) is -3.82. The van der Waals surface area contributed by atoms with Crippen molar-refractivity contribution in [2.24, 2.45) is 0 Å². The van der Waals surface area contributed by atoms with Crippen molar-refractivity contribution in [1.82, 2.24) is 0 Å². The summed E-state index contributed by atoms with van der Waals surface area (Å²) < 4.78 is 0. The van der Waals surface area contributed by atoms with Gasteiger partial charge in [0.15, 0.2) is 0 Å². The highest BCUT2D eigenvalue weighted by Crippen LogP contribution is 1.89. The number of carbonyl (C=O) groups is 3. The van der Waals surface area contributed by atoms with Crippen LogP contribution < -0.4 is 0 Å². The highest BCUT2D eigenvalue weighted by molar-refractivity contribution is 6.32. The fourth-order valence-electron chi connectivity index (χ4n) is 0.327. The topological polar surface area (TPSA) is 91.7 Å². The smallest absolute Gasteiger partial charge is 0.372 e. The summed E-state index contributed by atoms with van der Waals surface area (Å²) in [5.41, 5.74) is 0. The summed E-state index contributed by atoms with van der Waals surface area (Å²) in [4.78, 5) is 29.7. The van der Waals surface area contributed by atoms with Gasteiger partial charge >= 0.3 is 11.9 Å². The lowest BCUT2D eigenvalue weighted by atomic mass is 10.2. The summed E-state index contributed by atoms with van der Waals surface area (Å²) in [6.07, 6.45) is -0.865. The lowest BCUT2D eigenvalue weighted by Crippen LogP contribution is -2.13. The molecular formula is C6H10O5. The van der Waals surface area contributed by atoms with E-state index in [0.29, 0.717) is 0 Å². The minimum absolute atomic E-state index is 0. The van der Waals surface area contributed by atoms with Gasteiger partial charge in [0.05, 0.1) is 6.42 Å². The predicted octanol–water partition coefficient (Wildman–Crippen LogP) is 0.141. The first kappa shape index (κ1) is 12.3. The molecule has 0 saturated heterocycles. The predicted molar refractivity (Wildman–Crippen MR) is 36.2 cm³/mol. The van der Waals surface area contributed by atoms with Crippen molar-refractivity contribution in [3.05, 3.63) is 0 Å². The van der Waals surface area contributed by atoms with Crippen LogP contribution in [0.3, 0.4) is 0 Å². The minimum atomic E-state index is -1.58. The highest BCUT2D eigenvalue weighted by Gasteiger charge is 2.12. The molecule has 0 aliphatic carbocycles. The molecule has 64 valence electrons. The van der Waals surface area contributed by atoms with Gasteiger partial charge in [-0.2, -0.15) is 0 Å². The van der Waals surface area contributed by atoms with Gasteiger partial charge in [0, 0.05) is 6.42 Å². The number of rotatable bonds is 4. The molecule has 0 aliphatic heterocycles. The van der Waals surface area contributed by atoms with E-state index in [1.165, 1.54) is 0 Å². The molecule has 0 aromatic carbocycles. The first-order valence-corrected chi connectivity index (χ1v) is 2.52. The first-order chi connectivity index (χ1) is 4.54. The standard InChI is InChI=1S/C5H6O5.CH4/c6-3(5(9)10)1-2-4(7)8;/h1-2H2,(H,7,8)(H,9,10);1H4. The second kappa shape index (κ2) is 5.40. The Morgan fingerprint density at radius 3 is 1.73 bits per heavy atom. The van der Waals surface area contributed by atoms with Gasteiger partial charge < -0.3 is 10.2 Å². The van der Waals surface area contributed by atoms with Crippen LogP contribution in [0.2, 0.25) is 0 Å². The van der Waals surface area contributed by atoms with E-state index in [1.807, 2.05) is 0 Å². The molecule has 0 bridgehead atoms. The summed E-state index contributed by atoms with van der Waals surface area (Å²) in [6, 6.07) is 0. The maximum absolute atomic E-state index is 10.2. The Bertz CT molecular complexity index is 172. The molecule has 11 heavy (non-hydrogen) atoms. The van der Waals surface area contributed by atoms with E-state index in [4.69, 9.17) is 10.2 Å². The molecule has 0 fully saturated rings. The van der Waals surface area contributed by atoms with Crippen LogP contribution in [0.4, 0.5) is 0 Å². The van der Waals surface area contributed by atoms with Crippen LogP contribution in [0.5, 0.6) is 0 Å². The van der Waals surface area contributed by atoms with Crippen molar-refractivity contribution < 1.29 is 24.6 Å². The molecule has 2 N–H and O–H groups in total. The van der Waals surface area contributed by atoms with E-state index in [-0.39, 0.29) is 7.43 Å².